The average Bonchev–Trinajstić information content (AvgIpc) is 2.70. The number of hydrogen-bond acceptors (Lipinski definition) is 6. The summed E-state index contributed by atoms with van der Waals surface area (Å²) in [6, 6.07) is 8.47. The first-order valence-electron chi connectivity index (χ1n) is 9.04. The van der Waals surface area contributed by atoms with Crippen LogP contribution in [0.15, 0.2) is 42.7 Å². The Balaban J connectivity index is 1.50. The zero-order valence-electron chi connectivity index (χ0n) is 15.3. The number of nitrogens with one attached hydrogen (secondary N) is 1. The van der Waals surface area contributed by atoms with Gasteiger partial charge in [-0.3, -0.25) is 14.5 Å². The minimum Gasteiger partial charge on any atom is -0.481 e. The van der Waals surface area contributed by atoms with Crippen LogP contribution in [0.1, 0.15) is 6.42 Å². The monoisotopic (exact) mass is 403 g/mol. The number of aromatic nitrogens is 2. The van der Waals surface area contributed by atoms with Crippen molar-refractivity contribution < 1.29 is 14.7 Å². The lowest BCUT2D eigenvalue weighted by Crippen LogP contribution is -2.49. The number of anilines is 2. The number of rotatable bonds is 7. The quantitative estimate of drug-likeness (QED) is 0.729. The van der Waals surface area contributed by atoms with E-state index in [1.54, 1.807) is 42.7 Å². The number of carbonyl (C=O) groups is 2. The van der Waals surface area contributed by atoms with Crippen molar-refractivity contribution in [2.75, 3.05) is 42.9 Å². The summed E-state index contributed by atoms with van der Waals surface area (Å²) in [6.07, 6.45) is 3.32. The molecule has 2 N–H and O–H groups in total. The van der Waals surface area contributed by atoms with Crippen molar-refractivity contribution >= 4 is 35.1 Å². The summed E-state index contributed by atoms with van der Waals surface area (Å²) in [5.74, 6) is -1.39. The van der Waals surface area contributed by atoms with E-state index >= 15 is 0 Å². The second-order valence-corrected chi connectivity index (χ2v) is 7.07. The number of benzene rings is 1. The number of piperazine rings is 1. The third kappa shape index (κ3) is 5.64. The largest absolute Gasteiger partial charge is 0.481 e. The summed E-state index contributed by atoms with van der Waals surface area (Å²) < 4.78 is 0. The molecule has 1 fully saturated rings. The van der Waals surface area contributed by atoms with Gasteiger partial charge in [0.15, 0.2) is 0 Å². The normalized spacial score (nSPS) is 15.8. The second kappa shape index (κ2) is 9.48. The van der Waals surface area contributed by atoms with Crippen molar-refractivity contribution in [1.29, 1.82) is 0 Å². The van der Waals surface area contributed by atoms with Crippen molar-refractivity contribution in [2.45, 2.75) is 6.42 Å². The molecule has 1 saturated heterocycles. The van der Waals surface area contributed by atoms with Crippen LogP contribution < -0.4 is 10.2 Å². The Labute approximate surface area is 168 Å². The molecule has 1 aromatic carbocycles. The highest BCUT2D eigenvalue weighted by Crippen LogP contribution is 2.16. The standard InChI is InChI=1S/C19H22ClN5O3/c20-15-2-4-16(5-3-15)23-17(26)12-14(18(27)28)13-24-8-10-25(11-9-24)19-21-6-1-7-22-19/h1-7,14H,8-13H2,(H,23,26)(H,27,28)/t14-/m0/s1. The lowest BCUT2D eigenvalue weighted by Gasteiger charge is -2.35. The molecule has 9 heteroatoms. The number of hydrogen-bond donors (Lipinski definition) is 2. The molecule has 2 heterocycles. The van der Waals surface area contributed by atoms with E-state index in [0.29, 0.717) is 49.4 Å². The number of carbonyl (C=O) groups excluding carboxylic acids is 1. The summed E-state index contributed by atoms with van der Waals surface area (Å²) in [7, 11) is 0. The van der Waals surface area contributed by atoms with Gasteiger partial charge in [0, 0.05) is 62.2 Å². The van der Waals surface area contributed by atoms with Gasteiger partial charge < -0.3 is 15.3 Å². The molecule has 0 unspecified atom stereocenters. The van der Waals surface area contributed by atoms with Gasteiger partial charge in [0.25, 0.3) is 0 Å². The highest BCUT2D eigenvalue weighted by Gasteiger charge is 2.27. The SMILES string of the molecule is O=C(C[C@@H](CN1CCN(c2ncccn2)CC1)C(=O)O)Nc1ccc(Cl)cc1. The van der Waals surface area contributed by atoms with E-state index in [1.807, 2.05) is 0 Å². The molecule has 0 spiro atoms. The van der Waals surface area contributed by atoms with Gasteiger partial charge in [0.05, 0.1) is 5.92 Å². The molecule has 3 rings (SSSR count). The lowest BCUT2D eigenvalue weighted by atomic mass is 10.0. The molecule has 0 radical (unpaired) electrons. The van der Waals surface area contributed by atoms with E-state index in [1.165, 1.54) is 0 Å². The summed E-state index contributed by atoms with van der Waals surface area (Å²) >= 11 is 5.82. The van der Waals surface area contributed by atoms with Gasteiger partial charge >= 0.3 is 5.97 Å². The second-order valence-electron chi connectivity index (χ2n) is 6.63. The topological polar surface area (TPSA) is 98.7 Å². The molecule has 0 bridgehead atoms. The van der Waals surface area contributed by atoms with E-state index in [9.17, 15) is 14.7 Å². The Kier molecular flexibility index (Phi) is 6.78. The summed E-state index contributed by atoms with van der Waals surface area (Å²) in [5, 5.41) is 12.8. The fourth-order valence-corrected chi connectivity index (χ4v) is 3.22. The van der Waals surface area contributed by atoms with Crippen LogP contribution in [0.4, 0.5) is 11.6 Å². The number of halogens is 1. The first-order valence-corrected chi connectivity index (χ1v) is 9.41. The molecule has 148 valence electrons. The molecular weight excluding hydrogens is 382 g/mol. The molecule has 1 aromatic heterocycles. The molecule has 0 aliphatic carbocycles. The van der Waals surface area contributed by atoms with Gasteiger partial charge in [-0.25, -0.2) is 9.97 Å². The molecule has 2 aromatic rings. The minimum atomic E-state index is -0.972. The minimum absolute atomic E-state index is 0.0834. The van der Waals surface area contributed by atoms with Crippen molar-refractivity contribution in [3.05, 3.63) is 47.7 Å². The molecule has 1 aliphatic heterocycles. The average molecular weight is 404 g/mol. The first-order chi connectivity index (χ1) is 13.5. The maximum atomic E-state index is 12.2. The Morgan fingerprint density at radius 3 is 2.36 bits per heavy atom. The molecule has 1 amide bonds. The summed E-state index contributed by atoms with van der Waals surface area (Å²) in [5.41, 5.74) is 0.593. The van der Waals surface area contributed by atoms with Crippen LogP contribution in [0.25, 0.3) is 0 Å². The van der Waals surface area contributed by atoms with Crippen LogP contribution in [0.5, 0.6) is 0 Å². The third-order valence-corrected chi connectivity index (χ3v) is 4.85. The van der Waals surface area contributed by atoms with Crippen molar-refractivity contribution in [3.8, 4) is 0 Å². The molecule has 1 atom stereocenters. The molecule has 0 saturated carbocycles. The number of nitrogens with zero attached hydrogens (tertiary/aromatic N) is 4. The van der Waals surface area contributed by atoms with E-state index in [-0.39, 0.29) is 12.3 Å². The van der Waals surface area contributed by atoms with E-state index in [4.69, 9.17) is 11.6 Å². The van der Waals surface area contributed by atoms with Crippen molar-refractivity contribution in [2.24, 2.45) is 5.92 Å². The maximum absolute atomic E-state index is 12.2. The molecule has 8 nitrogen and oxygen atoms in total. The fourth-order valence-electron chi connectivity index (χ4n) is 3.10. The van der Waals surface area contributed by atoms with Crippen LogP contribution in [-0.4, -0.2) is 64.6 Å². The van der Waals surface area contributed by atoms with Crippen LogP contribution in [-0.2, 0) is 9.59 Å². The summed E-state index contributed by atoms with van der Waals surface area (Å²) in [4.78, 5) is 36.5. The number of amides is 1. The van der Waals surface area contributed by atoms with Gasteiger partial charge in [-0.2, -0.15) is 0 Å². The van der Waals surface area contributed by atoms with Gasteiger partial charge in [0.2, 0.25) is 11.9 Å². The van der Waals surface area contributed by atoms with E-state index in [2.05, 4.69) is 25.1 Å². The maximum Gasteiger partial charge on any atom is 0.308 e. The van der Waals surface area contributed by atoms with E-state index in [0.717, 1.165) is 0 Å². The van der Waals surface area contributed by atoms with Crippen LogP contribution in [0.2, 0.25) is 5.02 Å². The smallest absolute Gasteiger partial charge is 0.308 e. The van der Waals surface area contributed by atoms with Crippen LogP contribution in [0, 0.1) is 5.92 Å². The van der Waals surface area contributed by atoms with Gasteiger partial charge in [0.1, 0.15) is 0 Å². The molecule has 1 aliphatic rings. The fraction of sp³-hybridized carbons (Fsp3) is 0.368. The Morgan fingerprint density at radius 1 is 1.11 bits per heavy atom. The van der Waals surface area contributed by atoms with Crippen molar-refractivity contribution in [1.82, 2.24) is 14.9 Å². The van der Waals surface area contributed by atoms with E-state index < -0.39 is 11.9 Å². The van der Waals surface area contributed by atoms with Crippen LogP contribution in [0.3, 0.4) is 0 Å². The zero-order chi connectivity index (χ0) is 19.9. The van der Waals surface area contributed by atoms with Gasteiger partial charge in [-0.15, -0.1) is 0 Å². The number of aliphatic carboxylic acids is 1. The molecule has 28 heavy (non-hydrogen) atoms. The third-order valence-electron chi connectivity index (χ3n) is 4.59. The van der Waals surface area contributed by atoms with Gasteiger partial charge in [-0.1, -0.05) is 11.6 Å². The molecular formula is C19H22ClN5O3. The van der Waals surface area contributed by atoms with Crippen LogP contribution >= 0.6 is 11.6 Å². The zero-order valence-corrected chi connectivity index (χ0v) is 16.0. The Bertz CT molecular complexity index is 795. The summed E-state index contributed by atoms with van der Waals surface area (Å²) in [6.45, 7) is 3.15. The predicted molar refractivity (Wildman–Crippen MR) is 107 cm³/mol. The highest BCUT2D eigenvalue weighted by molar-refractivity contribution is 6.30. The Morgan fingerprint density at radius 2 is 1.75 bits per heavy atom. The van der Waals surface area contributed by atoms with Gasteiger partial charge in [-0.05, 0) is 30.3 Å². The first kappa shape index (κ1) is 20.0. The number of carboxylic acids is 1. The Hall–Kier alpha value is -2.71. The lowest BCUT2D eigenvalue weighted by molar-refractivity contribution is -0.144. The predicted octanol–water partition coefficient (Wildman–Crippen LogP) is 1.98. The number of carboxylic acid groups (broad SMARTS) is 1. The van der Waals surface area contributed by atoms with Crippen molar-refractivity contribution in [3.63, 3.8) is 0 Å². The highest BCUT2D eigenvalue weighted by atomic mass is 35.5.